The van der Waals surface area contributed by atoms with Crippen LogP contribution < -0.4 is 0 Å². The molecule has 1 fully saturated rings. The van der Waals surface area contributed by atoms with Crippen LogP contribution in [0, 0.1) is 6.92 Å². The molecule has 132 valence electrons. The summed E-state index contributed by atoms with van der Waals surface area (Å²) < 4.78 is 1.77. The molecule has 0 unspecified atom stereocenters. The molecule has 1 aromatic heterocycles. The molecule has 0 N–H and O–H groups in total. The van der Waals surface area contributed by atoms with Crippen LogP contribution >= 0.6 is 0 Å². The van der Waals surface area contributed by atoms with Crippen molar-refractivity contribution in [3.63, 3.8) is 0 Å². The fourth-order valence-corrected chi connectivity index (χ4v) is 3.68. The quantitative estimate of drug-likeness (QED) is 0.728. The minimum atomic E-state index is 0.119. The number of carbonyl (C=O) groups excluding carboxylic acids is 1. The first kappa shape index (κ1) is 16.5. The fourth-order valence-electron chi connectivity index (χ4n) is 3.68. The standard InChI is InChI=1S/C21H22N4O/c1-16-4-2-3-5-20(16)19-10-11-24(13-19)21(26)18-8-6-17(7-9-18)12-25-15-22-14-23-25/h2-9,14-15,19H,10-13H2,1H3/t19-/m0/s1. The van der Waals surface area contributed by atoms with E-state index in [0.29, 0.717) is 12.5 Å². The van der Waals surface area contributed by atoms with Crippen LogP contribution in [-0.4, -0.2) is 38.7 Å². The lowest BCUT2D eigenvalue weighted by atomic mass is 9.94. The van der Waals surface area contributed by atoms with E-state index < -0.39 is 0 Å². The van der Waals surface area contributed by atoms with Gasteiger partial charge in [-0.3, -0.25) is 4.79 Å². The van der Waals surface area contributed by atoms with E-state index in [1.807, 2.05) is 29.2 Å². The van der Waals surface area contributed by atoms with E-state index in [4.69, 9.17) is 0 Å². The fraction of sp³-hybridized carbons (Fsp3) is 0.286. The summed E-state index contributed by atoms with van der Waals surface area (Å²) in [6.07, 6.45) is 4.24. The van der Waals surface area contributed by atoms with Crippen molar-refractivity contribution >= 4 is 5.91 Å². The molecule has 5 nitrogen and oxygen atoms in total. The summed E-state index contributed by atoms with van der Waals surface area (Å²) in [6, 6.07) is 16.3. The van der Waals surface area contributed by atoms with Gasteiger partial charge in [0.2, 0.25) is 0 Å². The Bertz CT molecular complexity index is 887. The third-order valence-electron chi connectivity index (χ3n) is 5.12. The lowest BCUT2D eigenvalue weighted by Gasteiger charge is -2.18. The molecule has 0 aliphatic carbocycles. The maximum absolute atomic E-state index is 12.8. The number of rotatable bonds is 4. The van der Waals surface area contributed by atoms with Crippen molar-refractivity contribution in [1.82, 2.24) is 19.7 Å². The van der Waals surface area contributed by atoms with Crippen LogP contribution in [0.4, 0.5) is 0 Å². The average Bonchev–Trinajstić information content (AvgIpc) is 3.34. The highest BCUT2D eigenvalue weighted by Gasteiger charge is 2.28. The predicted molar refractivity (Wildman–Crippen MR) is 100 cm³/mol. The minimum Gasteiger partial charge on any atom is -0.338 e. The first-order valence-electron chi connectivity index (χ1n) is 8.97. The zero-order chi connectivity index (χ0) is 17.9. The number of aryl methyl sites for hydroxylation is 1. The first-order valence-corrected chi connectivity index (χ1v) is 8.97. The number of hydrogen-bond acceptors (Lipinski definition) is 3. The topological polar surface area (TPSA) is 51.0 Å². The molecular formula is C21H22N4O. The number of carbonyl (C=O) groups is 1. The van der Waals surface area contributed by atoms with E-state index in [9.17, 15) is 4.79 Å². The van der Waals surface area contributed by atoms with Gasteiger partial charge in [0.1, 0.15) is 12.7 Å². The number of amides is 1. The van der Waals surface area contributed by atoms with E-state index >= 15 is 0 Å². The zero-order valence-corrected chi connectivity index (χ0v) is 14.9. The largest absolute Gasteiger partial charge is 0.338 e. The van der Waals surface area contributed by atoms with Crippen LogP contribution in [-0.2, 0) is 6.54 Å². The molecule has 0 radical (unpaired) electrons. The maximum atomic E-state index is 12.8. The average molecular weight is 346 g/mol. The highest BCUT2D eigenvalue weighted by Crippen LogP contribution is 2.30. The second kappa shape index (κ2) is 7.12. The van der Waals surface area contributed by atoms with Crippen molar-refractivity contribution in [2.75, 3.05) is 13.1 Å². The maximum Gasteiger partial charge on any atom is 0.253 e. The molecule has 1 saturated heterocycles. The highest BCUT2D eigenvalue weighted by molar-refractivity contribution is 5.94. The summed E-state index contributed by atoms with van der Waals surface area (Å²) in [5.41, 5.74) is 4.53. The Balaban J connectivity index is 1.42. The van der Waals surface area contributed by atoms with Gasteiger partial charge in [-0.15, -0.1) is 0 Å². The van der Waals surface area contributed by atoms with E-state index in [1.54, 1.807) is 11.0 Å². The molecule has 0 spiro atoms. The van der Waals surface area contributed by atoms with Crippen LogP contribution in [0.2, 0.25) is 0 Å². The van der Waals surface area contributed by atoms with Gasteiger partial charge in [0, 0.05) is 24.6 Å². The van der Waals surface area contributed by atoms with Crippen LogP contribution in [0.5, 0.6) is 0 Å². The van der Waals surface area contributed by atoms with Crippen LogP contribution in [0.3, 0.4) is 0 Å². The summed E-state index contributed by atoms with van der Waals surface area (Å²) >= 11 is 0. The molecule has 2 heterocycles. The number of hydrogen-bond donors (Lipinski definition) is 0. The van der Waals surface area contributed by atoms with Crippen LogP contribution in [0.15, 0.2) is 61.2 Å². The van der Waals surface area contributed by atoms with Gasteiger partial charge >= 0.3 is 0 Å². The lowest BCUT2D eigenvalue weighted by molar-refractivity contribution is 0.0790. The number of nitrogens with zero attached hydrogens (tertiary/aromatic N) is 4. The van der Waals surface area contributed by atoms with Crippen molar-refractivity contribution in [1.29, 1.82) is 0 Å². The molecule has 0 saturated carbocycles. The molecule has 4 rings (SSSR count). The molecule has 2 aromatic carbocycles. The summed E-state index contributed by atoms with van der Waals surface area (Å²) in [6.45, 7) is 4.42. The summed E-state index contributed by atoms with van der Waals surface area (Å²) in [5.74, 6) is 0.556. The zero-order valence-electron chi connectivity index (χ0n) is 14.9. The molecule has 3 aromatic rings. The highest BCUT2D eigenvalue weighted by atomic mass is 16.2. The second-order valence-corrected chi connectivity index (χ2v) is 6.88. The number of benzene rings is 2. The lowest BCUT2D eigenvalue weighted by Crippen LogP contribution is -2.28. The Morgan fingerprint density at radius 3 is 2.69 bits per heavy atom. The van der Waals surface area contributed by atoms with Crippen molar-refractivity contribution < 1.29 is 4.79 Å². The Morgan fingerprint density at radius 2 is 1.96 bits per heavy atom. The van der Waals surface area contributed by atoms with Gasteiger partial charge in [0.05, 0.1) is 6.54 Å². The van der Waals surface area contributed by atoms with Crippen molar-refractivity contribution in [3.8, 4) is 0 Å². The third kappa shape index (κ3) is 3.38. The van der Waals surface area contributed by atoms with Crippen LogP contribution in [0.25, 0.3) is 0 Å². The van der Waals surface area contributed by atoms with E-state index in [1.165, 1.54) is 17.5 Å². The molecular weight excluding hydrogens is 324 g/mol. The third-order valence-corrected chi connectivity index (χ3v) is 5.12. The molecule has 1 atom stereocenters. The van der Waals surface area contributed by atoms with E-state index in [-0.39, 0.29) is 5.91 Å². The summed E-state index contributed by atoms with van der Waals surface area (Å²) in [7, 11) is 0. The number of likely N-dealkylation sites (tertiary alicyclic amines) is 1. The molecule has 5 heteroatoms. The van der Waals surface area contributed by atoms with Crippen molar-refractivity contribution in [3.05, 3.63) is 83.4 Å². The summed E-state index contributed by atoms with van der Waals surface area (Å²) in [4.78, 5) is 18.8. The SMILES string of the molecule is Cc1ccccc1[C@H]1CCN(C(=O)c2ccc(Cn3cncn3)cc2)C1. The van der Waals surface area contributed by atoms with Gasteiger partial charge in [0.15, 0.2) is 0 Å². The number of aromatic nitrogens is 3. The van der Waals surface area contributed by atoms with Crippen LogP contribution in [0.1, 0.15) is 39.4 Å². The molecule has 0 bridgehead atoms. The van der Waals surface area contributed by atoms with Gasteiger partial charge in [-0.25, -0.2) is 9.67 Å². The second-order valence-electron chi connectivity index (χ2n) is 6.88. The monoisotopic (exact) mass is 346 g/mol. The Hall–Kier alpha value is -2.95. The van der Waals surface area contributed by atoms with E-state index in [2.05, 4.69) is 41.3 Å². The Kier molecular flexibility index (Phi) is 4.52. The molecule has 1 amide bonds. The van der Waals surface area contributed by atoms with Gasteiger partial charge in [-0.05, 0) is 42.2 Å². The van der Waals surface area contributed by atoms with E-state index in [0.717, 1.165) is 30.6 Å². The molecule has 26 heavy (non-hydrogen) atoms. The van der Waals surface area contributed by atoms with Gasteiger partial charge in [0.25, 0.3) is 5.91 Å². The van der Waals surface area contributed by atoms with Gasteiger partial charge in [-0.2, -0.15) is 5.10 Å². The Labute approximate surface area is 153 Å². The minimum absolute atomic E-state index is 0.119. The van der Waals surface area contributed by atoms with Crippen molar-refractivity contribution in [2.24, 2.45) is 0 Å². The summed E-state index contributed by atoms with van der Waals surface area (Å²) in [5, 5.41) is 4.11. The smallest absolute Gasteiger partial charge is 0.253 e. The predicted octanol–water partition coefficient (Wildman–Crippen LogP) is 3.26. The van der Waals surface area contributed by atoms with Crippen molar-refractivity contribution in [2.45, 2.75) is 25.8 Å². The van der Waals surface area contributed by atoms with Gasteiger partial charge in [-0.1, -0.05) is 36.4 Å². The van der Waals surface area contributed by atoms with Gasteiger partial charge < -0.3 is 4.90 Å². The normalized spacial score (nSPS) is 16.8. The molecule has 1 aliphatic heterocycles. The first-order chi connectivity index (χ1) is 12.7. The molecule has 1 aliphatic rings. The Morgan fingerprint density at radius 1 is 1.15 bits per heavy atom.